The van der Waals surface area contributed by atoms with Gasteiger partial charge in [0.1, 0.15) is 11.6 Å². The van der Waals surface area contributed by atoms with Gasteiger partial charge in [0.25, 0.3) is 0 Å². The zero-order chi connectivity index (χ0) is 13.6. The summed E-state index contributed by atoms with van der Waals surface area (Å²) in [5.41, 5.74) is 0. The largest absolute Gasteiger partial charge is 0.356 e. The molecule has 0 unspecified atom stereocenters. The third kappa shape index (κ3) is 3.37. The summed E-state index contributed by atoms with van der Waals surface area (Å²) in [6, 6.07) is 5.78. The maximum atomic E-state index is 4.50. The van der Waals surface area contributed by atoms with Crippen LogP contribution in [0.3, 0.4) is 0 Å². The van der Waals surface area contributed by atoms with E-state index in [2.05, 4.69) is 36.2 Å². The lowest BCUT2D eigenvalue weighted by molar-refractivity contribution is 0.739. The first-order chi connectivity index (χ1) is 9.90. The molecule has 106 valence electrons. The Kier molecular flexibility index (Phi) is 3.96. The van der Waals surface area contributed by atoms with Crippen LogP contribution in [0.25, 0.3) is 0 Å². The van der Waals surface area contributed by atoms with E-state index in [9.17, 15) is 0 Å². The molecule has 0 aliphatic carbocycles. The van der Waals surface area contributed by atoms with Crippen LogP contribution >= 0.6 is 0 Å². The summed E-state index contributed by atoms with van der Waals surface area (Å²) < 4.78 is 0. The predicted molar refractivity (Wildman–Crippen MR) is 81.3 cm³/mol. The second-order valence-corrected chi connectivity index (χ2v) is 4.68. The Labute approximate surface area is 118 Å². The van der Waals surface area contributed by atoms with Crippen molar-refractivity contribution in [3.8, 4) is 0 Å². The monoisotopic (exact) mass is 273 g/mol. The number of aromatic nitrogens is 1. The molecule has 20 heavy (non-hydrogen) atoms. The van der Waals surface area contributed by atoms with Crippen LogP contribution < -0.4 is 21.3 Å². The highest BCUT2D eigenvalue weighted by Gasteiger charge is 2.07. The van der Waals surface area contributed by atoms with Crippen LogP contribution in [0.2, 0.25) is 0 Å². The normalized spacial score (nSPS) is 18.2. The molecule has 2 aliphatic heterocycles. The Morgan fingerprint density at radius 2 is 1.40 bits per heavy atom. The molecule has 7 heteroatoms. The van der Waals surface area contributed by atoms with Crippen molar-refractivity contribution >= 4 is 23.6 Å². The third-order valence-electron chi connectivity index (χ3n) is 3.04. The molecule has 2 aliphatic rings. The van der Waals surface area contributed by atoms with Gasteiger partial charge in [-0.25, -0.2) is 4.98 Å². The van der Waals surface area contributed by atoms with Crippen LogP contribution in [0, 0.1) is 0 Å². The fourth-order valence-electron chi connectivity index (χ4n) is 2.05. The SMILES string of the molecule is c1cc(NC2=NCCCN2)nc(NC2=NCCCN2)c1. The smallest absolute Gasteiger partial charge is 0.196 e. The van der Waals surface area contributed by atoms with E-state index in [1.54, 1.807) is 0 Å². The Bertz CT molecular complexity index is 480. The maximum absolute atomic E-state index is 4.50. The number of nitrogens with one attached hydrogen (secondary N) is 4. The molecule has 0 atom stereocenters. The Morgan fingerprint density at radius 1 is 0.850 bits per heavy atom. The summed E-state index contributed by atoms with van der Waals surface area (Å²) in [6.07, 6.45) is 2.15. The first-order valence-electron chi connectivity index (χ1n) is 6.98. The summed E-state index contributed by atoms with van der Waals surface area (Å²) in [5.74, 6) is 3.10. The van der Waals surface area contributed by atoms with Gasteiger partial charge in [0.05, 0.1) is 0 Å². The van der Waals surface area contributed by atoms with Crippen molar-refractivity contribution in [2.75, 3.05) is 36.8 Å². The number of pyridine rings is 1. The van der Waals surface area contributed by atoms with Crippen molar-refractivity contribution in [1.82, 2.24) is 15.6 Å². The summed E-state index contributed by atoms with van der Waals surface area (Å²) >= 11 is 0. The zero-order valence-electron chi connectivity index (χ0n) is 11.3. The van der Waals surface area contributed by atoms with Gasteiger partial charge in [0.15, 0.2) is 11.9 Å². The van der Waals surface area contributed by atoms with E-state index >= 15 is 0 Å². The van der Waals surface area contributed by atoms with Gasteiger partial charge in [-0.15, -0.1) is 0 Å². The van der Waals surface area contributed by atoms with Crippen LogP contribution in [0.15, 0.2) is 28.2 Å². The first kappa shape index (κ1) is 12.7. The average molecular weight is 273 g/mol. The number of aliphatic imine (C=N–C) groups is 2. The Balaban J connectivity index is 1.66. The number of hydrogen-bond donors (Lipinski definition) is 4. The number of nitrogens with zero attached hydrogens (tertiary/aromatic N) is 3. The summed E-state index contributed by atoms with van der Waals surface area (Å²) in [5, 5.41) is 12.8. The highest BCUT2D eigenvalue weighted by Crippen LogP contribution is 2.09. The molecular weight excluding hydrogens is 254 g/mol. The summed E-state index contributed by atoms with van der Waals surface area (Å²) in [4.78, 5) is 13.2. The standard InChI is InChI=1S/C13H19N7/c1-4-10(19-12-14-6-2-7-15-12)18-11(5-1)20-13-16-8-3-9-17-13/h1,4-5H,2-3,6-9H2,(H4,14,15,16,17,18,19,20). The van der Waals surface area contributed by atoms with Gasteiger partial charge in [-0.1, -0.05) is 6.07 Å². The van der Waals surface area contributed by atoms with Gasteiger partial charge in [0.2, 0.25) is 0 Å². The minimum Gasteiger partial charge on any atom is -0.356 e. The fraction of sp³-hybridized carbons (Fsp3) is 0.462. The second-order valence-electron chi connectivity index (χ2n) is 4.68. The average Bonchev–Trinajstić information content (AvgIpc) is 2.50. The van der Waals surface area contributed by atoms with Crippen molar-refractivity contribution in [1.29, 1.82) is 0 Å². The van der Waals surface area contributed by atoms with Crippen LogP contribution in [0.4, 0.5) is 11.6 Å². The lowest BCUT2D eigenvalue weighted by atomic mass is 10.4. The third-order valence-corrected chi connectivity index (χ3v) is 3.04. The molecule has 4 N–H and O–H groups in total. The summed E-state index contributed by atoms with van der Waals surface area (Å²) in [6.45, 7) is 3.61. The molecule has 0 amide bonds. The van der Waals surface area contributed by atoms with Gasteiger partial charge < -0.3 is 21.3 Å². The zero-order valence-corrected chi connectivity index (χ0v) is 11.3. The van der Waals surface area contributed by atoms with Gasteiger partial charge >= 0.3 is 0 Å². The van der Waals surface area contributed by atoms with E-state index < -0.39 is 0 Å². The number of rotatable bonds is 2. The van der Waals surface area contributed by atoms with E-state index in [0.29, 0.717) is 0 Å². The second kappa shape index (κ2) is 6.23. The van der Waals surface area contributed by atoms with Crippen LogP contribution in [0.1, 0.15) is 12.8 Å². The molecular formula is C13H19N7. The molecule has 0 radical (unpaired) electrons. The molecule has 3 heterocycles. The van der Waals surface area contributed by atoms with Crippen molar-refractivity contribution in [2.45, 2.75) is 12.8 Å². The Hall–Kier alpha value is -2.31. The summed E-state index contributed by atoms with van der Waals surface area (Å²) in [7, 11) is 0. The van der Waals surface area contributed by atoms with Gasteiger partial charge in [0, 0.05) is 26.2 Å². The molecule has 7 nitrogen and oxygen atoms in total. The molecule has 0 saturated carbocycles. The molecule has 0 aromatic carbocycles. The van der Waals surface area contributed by atoms with E-state index in [4.69, 9.17) is 0 Å². The van der Waals surface area contributed by atoms with Crippen molar-refractivity contribution in [2.24, 2.45) is 9.98 Å². The highest BCUT2D eigenvalue weighted by atomic mass is 15.2. The molecule has 0 saturated heterocycles. The van der Waals surface area contributed by atoms with Gasteiger partial charge in [-0.05, 0) is 25.0 Å². The lowest BCUT2D eigenvalue weighted by Gasteiger charge is -2.17. The number of anilines is 2. The van der Waals surface area contributed by atoms with Gasteiger partial charge in [-0.3, -0.25) is 9.98 Å². The maximum Gasteiger partial charge on any atom is 0.196 e. The fourth-order valence-corrected chi connectivity index (χ4v) is 2.05. The molecule has 1 aromatic heterocycles. The highest BCUT2D eigenvalue weighted by molar-refractivity contribution is 5.95. The predicted octanol–water partition coefficient (Wildman–Crippen LogP) is 0.604. The van der Waals surface area contributed by atoms with E-state index in [1.165, 1.54) is 0 Å². The minimum atomic E-state index is 0.763. The Morgan fingerprint density at radius 3 is 1.85 bits per heavy atom. The van der Waals surface area contributed by atoms with E-state index in [0.717, 1.165) is 62.6 Å². The quantitative estimate of drug-likeness (QED) is 0.634. The van der Waals surface area contributed by atoms with Crippen LogP contribution in [-0.4, -0.2) is 43.1 Å². The van der Waals surface area contributed by atoms with Crippen LogP contribution in [-0.2, 0) is 0 Å². The van der Waals surface area contributed by atoms with E-state index in [-0.39, 0.29) is 0 Å². The number of hydrogen-bond acceptors (Lipinski definition) is 7. The molecule has 0 fully saturated rings. The van der Waals surface area contributed by atoms with Crippen molar-refractivity contribution in [3.63, 3.8) is 0 Å². The topological polar surface area (TPSA) is 85.7 Å². The molecule has 0 spiro atoms. The lowest BCUT2D eigenvalue weighted by Crippen LogP contribution is -2.36. The minimum absolute atomic E-state index is 0.763. The molecule has 1 aromatic rings. The van der Waals surface area contributed by atoms with Crippen molar-refractivity contribution in [3.05, 3.63) is 18.2 Å². The molecule has 3 rings (SSSR count). The van der Waals surface area contributed by atoms with E-state index in [1.807, 2.05) is 18.2 Å². The van der Waals surface area contributed by atoms with Gasteiger partial charge in [-0.2, -0.15) is 0 Å². The molecule has 0 bridgehead atoms. The first-order valence-corrected chi connectivity index (χ1v) is 6.98. The van der Waals surface area contributed by atoms with Crippen LogP contribution in [0.5, 0.6) is 0 Å². The van der Waals surface area contributed by atoms with Crippen molar-refractivity contribution < 1.29 is 0 Å². The number of guanidine groups is 2.